The molecule has 0 radical (unpaired) electrons. The molecule has 9 nitrogen and oxygen atoms in total. The van der Waals surface area contributed by atoms with Gasteiger partial charge < -0.3 is 29.7 Å². The van der Waals surface area contributed by atoms with Crippen LogP contribution in [-0.4, -0.2) is 54.5 Å². The first-order valence-corrected chi connectivity index (χ1v) is 21.3. The first-order valence-electron chi connectivity index (χ1n) is 21.3. The van der Waals surface area contributed by atoms with Crippen molar-refractivity contribution < 1.29 is 23.9 Å². The molecule has 0 unspecified atom stereocenters. The van der Waals surface area contributed by atoms with E-state index in [9.17, 15) is 14.4 Å². The van der Waals surface area contributed by atoms with Gasteiger partial charge in [-0.05, 0) is 82.8 Å². The van der Waals surface area contributed by atoms with Gasteiger partial charge in [0.1, 0.15) is 12.5 Å². The van der Waals surface area contributed by atoms with Crippen molar-refractivity contribution >= 4 is 70.7 Å². The van der Waals surface area contributed by atoms with Crippen molar-refractivity contribution in [1.82, 2.24) is 15.0 Å². The Morgan fingerprint density at radius 1 is 0.915 bits per heavy atom. The third-order valence-corrected chi connectivity index (χ3v) is 12.6. The number of ketones is 1. The molecule has 0 aromatic carbocycles. The number of rotatable bonds is 16. The molecule has 8 bridgehead atoms. The van der Waals surface area contributed by atoms with Crippen LogP contribution in [0.4, 0.5) is 0 Å². The monoisotopic (exact) mass is 808 g/mol. The summed E-state index contributed by atoms with van der Waals surface area (Å²) in [5.74, 6) is -2.30. The van der Waals surface area contributed by atoms with E-state index in [-0.39, 0.29) is 59.7 Å². The second-order valence-electron chi connectivity index (χ2n) is 16.6. The molecular weight excluding hydrogens is 749 g/mol. The predicted octanol–water partition coefficient (Wildman–Crippen LogP) is 8.31. The van der Waals surface area contributed by atoms with Crippen LogP contribution < -0.4 is 25.7 Å². The molecule has 0 saturated carbocycles. The van der Waals surface area contributed by atoms with E-state index < -0.39 is 11.9 Å². The molecule has 3 aromatic heterocycles. The summed E-state index contributed by atoms with van der Waals surface area (Å²) >= 11 is 0. The zero-order valence-corrected chi connectivity index (χ0v) is 38.1. The van der Waals surface area contributed by atoms with Crippen molar-refractivity contribution in [3.8, 4) is 0 Å². The zero-order chi connectivity index (χ0) is 41.8. The number of allylic oxidation sites excluding steroid dienone is 3. The van der Waals surface area contributed by atoms with Gasteiger partial charge in [0.25, 0.3) is 0 Å². The van der Waals surface area contributed by atoms with Gasteiger partial charge >= 0.3 is 35.0 Å². The van der Waals surface area contributed by atoms with Gasteiger partial charge in [-0.25, -0.2) is 0 Å². The van der Waals surface area contributed by atoms with E-state index >= 15 is 0 Å². The molecule has 0 spiro atoms. The quantitative estimate of drug-likeness (QED) is 0.0465. The van der Waals surface area contributed by atoms with Gasteiger partial charge in [0.2, 0.25) is 0 Å². The van der Waals surface area contributed by atoms with Crippen LogP contribution in [0.3, 0.4) is 0 Å². The first kappa shape index (κ1) is 45.8. The number of carbonyl (C=O) groups is 3. The Labute approximate surface area is 366 Å². The van der Waals surface area contributed by atoms with Crippen LogP contribution in [0.2, 0.25) is 0 Å². The van der Waals surface area contributed by atoms with Gasteiger partial charge in [0.15, 0.2) is 5.78 Å². The van der Waals surface area contributed by atoms with E-state index in [1.54, 1.807) is 0 Å². The van der Waals surface area contributed by atoms with E-state index in [1.807, 2.05) is 44.2 Å². The molecular formula is C49H60MgN4O5-2. The van der Waals surface area contributed by atoms with Crippen LogP contribution >= 0.6 is 0 Å². The average Bonchev–Trinajstić information content (AvgIpc) is 3.94. The van der Waals surface area contributed by atoms with Crippen molar-refractivity contribution in [2.45, 2.75) is 120 Å². The normalized spacial score (nSPS) is 22.0. The van der Waals surface area contributed by atoms with Crippen LogP contribution in [0.5, 0.6) is 0 Å². The molecule has 3 aliphatic rings. The van der Waals surface area contributed by atoms with Gasteiger partial charge in [-0.1, -0.05) is 124 Å². The van der Waals surface area contributed by atoms with E-state index in [4.69, 9.17) is 29.7 Å². The maximum Gasteiger partial charge on any atom is 2.00 e. The van der Waals surface area contributed by atoms with Crippen molar-refractivity contribution in [2.75, 3.05) is 13.7 Å². The molecule has 0 amide bonds. The molecule has 59 heavy (non-hydrogen) atoms. The predicted molar refractivity (Wildman–Crippen MR) is 237 cm³/mol. The summed E-state index contributed by atoms with van der Waals surface area (Å²) in [6.45, 7) is 21.1. The fraction of sp³-hybridized carbons (Fsp3) is 0.490. The number of methoxy groups -OCH3 is 1. The minimum absolute atomic E-state index is 0. The number of nitrogens with zero attached hydrogens (tertiary/aromatic N) is 4. The third-order valence-electron chi connectivity index (χ3n) is 12.6. The number of esters is 2. The number of aromatic nitrogens is 3. The van der Waals surface area contributed by atoms with E-state index in [0.29, 0.717) is 40.2 Å². The maximum absolute atomic E-state index is 14.3. The summed E-state index contributed by atoms with van der Waals surface area (Å²) in [7, 11) is 1.29. The molecule has 6 rings (SSSR count). The minimum Gasteiger partial charge on any atom is -0.664 e. The Kier molecular flexibility index (Phi) is 15.4. The number of hydrogen-bond acceptors (Lipinski definition) is 5. The van der Waals surface area contributed by atoms with Crippen LogP contribution in [0.1, 0.15) is 153 Å². The van der Waals surface area contributed by atoms with Gasteiger partial charge in [-0.15, -0.1) is 33.5 Å². The Balaban J connectivity index is 0.00000661. The van der Waals surface area contributed by atoms with Crippen LogP contribution in [0, 0.1) is 44.4 Å². The number of ether oxygens (including phenoxy) is 2. The minimum atomic E-state index is -1.22. The van der Waals surface area contributed by atoms with E-state index in [1.165, 1.54) is 44.8 Å². The largest absolute Gasteiger partial charge is 2.00 e. The Bertz CT molecular complexity index is 2310. The fourth-order valence-corrected chi connectivity index (χ4v) is 8.99. The molecule has 2 aliphatic heterocycles. The summed E-state index contributed by atoms with van der Waals surface area (Å²) in [6.07, 6.45) is 19.5. The van der Waals surface area contributed by atoms with Crippen LogP contribution in [0.15, 0.2) is 29.6 Å². The molecule has 10 heteroatoms. The number of hydrogen-bond donors (Lipinski definition) is 0. The van der Waals surface area contributed by atoms with Crippen molar-refractivity contribution in [3.63, 3.8) is 0 Å². The van der Waals surface area contributed by atoms with Gasteiger partial charge in [-0.3, -0.25) is 14.4 Å². The van der Waals surface area contributed by atoms with Crippen LogP contribution in [0.25, 0.3) is 35.2 Å². The molecule has 310 valence electrons. The SMILES string of the molecule is C=Cc1c2[n-]c(c1C)/C=C1\[N-]/C(=C3\c4[n-]c(c(C)c4C(=O)[C@@H]3C(=O)OC)/C=c3\[n-]/c(c(C)c3CC)=C\2)[C@@H](CCC(=O)OC/C=C(/C)CCC[C@H](C)CCCCC)[C@@H]1C.[Mg+2]. The maximum atomic E-state index is 14.3. The Hall–Kier alpha value is -4.28. The number of Topliss-reactive ketones (excluding diaryl/α,β-unsaturated/α-hetero) is 1. The number of fused-ring (bicyclic) bond motifs is 7. The molecule has 1 saturated heterocycles. The molecule has 3 aromatic rings. The summed E-state index contributed by atoms with van der Waals surface area (Å²) in [5.41, 5.74) is 10.7. The summed E-state index contributed by atoms with van der Waals surface area (Å²) < 4.78 is 11.0. The van der Waals surface area contributed by atoms with Gasteiger partial charge in [0.05, 0.1) is 7.11 Å². The first-order chi connectivity index (χ1) is 27.8. The summed E-state index contributed by atoms with van der Waals surface area (Å²) in [4.78, 5) is 56.3. The summed E-state index contributed by atoms with van der Waals surface area (Å²) in [5, 5.41) is 6.81. The van der Waals surface area contributed by atoms with Crippen LogP contribution in [-0.2, 0) is 25.5 Å². The average molecular weight is 809 g/mol. The van der Waals surface area contributed by atoms with E-state index in [2.05, 4.69) is 48.1 Å². The van der Waals surface area contributed by atoms with E-state index in [0.717, 1.165) is 75.2 Å². The van der Waals surface area contributed by atoms with Crippen molar-refractivity contribution in [3.05, 3.63) is 102 Å². The van der Waals surface area contributed by atoms with Crippen molar-refractivity contribution in [1.29, 1.82) is 0 Å². The van der Waals surface area contributed by atoms with Crippen molar-refractivity contribution in [2.24, 2.45) is 23.7 Å². The molecule has 5 heterocycles. The summed E-state index contributed by atoms with van der Waals surface area (Å²) in [6, 6.07) is 0. The molecule has 4 atom stereocenters. The molecule has 1 fully saturated rings. The smallest absolute Gasteiger partial charge is 0.664 e. The number of carbonyl (C=O) groups excluding carboxylic acids is 3. The van der Waals surface area contributed by atoms with Gasteiger partial charge in [-0.2, -0.15) is 11.4 Å². The standard InChI is InChI=1S/C49H61N4O5.Mg/c1-11-14-15-17-27(4)18-16-19-28(5)22-23-58-42(54)21-20-35-31(8)38-24-36-29(6)33(12-2)40(50-36)25-37-30(7)34(13-3)41(51-37)26-39-32(9)43-47(53-39)44(46(35)52-38)45(48(43)55)49(56)57-10;/h12,22,24-27,31,35,45H,2,11,13-21,23H2,1,3-10H3,(H-,52,53,55);/q-3;+2/p-1/b28-22-,37-25-,38-24-,41-26-;/t27-,31+,35+,45-;/m1./s1. The number of unbranched alkanes of at least 4 members (excludes halogenated alkanes) is 2. The fourth-order valence-electron chi connectivity index (χ4n) is 8.99. The topological polar surface area (TPSA) is 126 Å². The molecule has 1 aliphatic carbocycles. The van der Waals surface area contributed by atoms with Gasteiger partial charge in [0, 0.05) is 12.0 Å². The second kappa shape index (κ2) is 19.9. The second-order valence-corrected chi connectivity index (χ2v) is 16.6. The Morgan fingerprint density at radius 2 is 1.63 bits per heavy atom. The molecule has 0 N–H and O–H groups in total. The zero-order valence-electron chi connectivity index (χ0n) is 36.7. The Morgan fingerprint density at radius 3 is 2.32 bits per heavy atom. The third kappa shape index (κ3) is 9.39.